The Morgan fingerprint density at radius 1 is 1.21 bits per heavy atom. The average molecular weight is 264 g/mol. The van der Waals surface area contributed by atoms with Gasteiger partial charge in [0.2, 0.25) is 6.79 Å². The van der Waals surface area contributed by atoms with Crippen molar-refractivity contribution in [3.8, 4) is 11.5 Å². The van der Waals surface area contributed by atoms with Crippen LogP contribution in [-0.2, 0) is 6.54 Å². The minimum Gasteiger partial charge on any atom is -0.454 e. The van der Waals surface area contributed by atoms with Gasteiger partial charge in [0.15, 0.2) is 11.5 Å². The van der Waals surface area contributed by atoms with Crippen LogP contribution in [0.2, 0.25) is 0 Å². The van der Waals surface area contributed by atoms with Gasteiger partial charge in [0, 0.05) is 19.6 Å². The maximum absolute atomic E-state index is 5.38. The molecule has 1 N–H and O–H groups in total. The third-order valence-electron chi connectivity index (χ3n) is 3.11. The van der Waals surface area contributed by atoms with Crippen molar-refractivity contribution in [1.82, 2.24) is 10.2 Å². The van der Waals surface area contributed by atoms with E-state index in [1.165, 1.54) is 5.56 Å². The Kier molecular flexibility index (Phi) is 4.32. The molecule has 0 bridgehead atoms. The number of nitrogens with one attached hydrogen (secondary N) is 1. The molecule has 1 aromatic carbocycles. The molecular formula is C15H24N2O2. The summed E-state index contributed by atoms with van der Waals surface area (Å²) in [6.07, 6.45) is 0. The lowest BCUT2D eigenvalue weighted by molar-refractivity contribution is 0.174. The van der Waals surface area contributed by atoms with Crippen LogP contribution in [0.5, 0.6) is 11.5 Å². The topological polar surface area (TPSA) is 33.7 Å². The van der Waals surface area contributed by atoms with E-state index in [1.807, 2.05) is 12.1 Å². The second kappa shape index (κ2) is 5.80. The molecule has 0 amide bonds. The van der Waals surface area contributed by atoms with Crippen molar-refractivity contribution in [3.63, 3.8) is 0 Å². The Hall–Kier alpha value is -1.26. The molecule has 1 heterocycles. The molecule has 4 heteroatoms. The lowest BCUT2D eigenvalue weighted by Gasteiger charge is -2.28. The van der Waals surface area contributed by atoms with Gasteiger partial charge in [-0.05, 0) is 37.2 Å². The lowest BCUT2D eigenvalue weighted by Crippen LogP contribution is -2.37. The van der Waals surface area contributed by atoms with E-state index in [-0.39, 0.29) is 5.41 Å². The number of rotatable bonds is 6. The first-order chi connectivity index (χ1) is 8.96. The number of benzene rings is 1. The van der Waals surface area contributed by atoms with E-state index >= 15 is 0 Å². The first-order valence-electron chi connectivity index (χ1n) is 6.70. The van der Waals surface area contributed by atoms with Crippen molar-refractivity contribution in [2.45, 2.75) is 20.4 Å². The second-order valence-electron chi connectivity index (χ2n) is 6.19. The van der Waals surface area contributed by atoms with Crippen molar-refractivity contribution in [2.24, 2.45) is 5.41 Å². The Morgan fingerprint density at radius 3 is 2.68 bits per heavy atom. The first-order valence-corrected chi connectivity index (χ1v) is 6.70. The number of fused-ring (bicyclic) bond motifs is 1. The van der Waals surface area contributed by atoms with Crippen LogP contribution in [0.3, 0.4) is 0 Å². The van der Waals surface area contributed by atoms with E-state index in [0.29, 0.717) is 6.79 Å². The predicted octanol–water partition coefficient (Wildman–Crippen LogP) is 2.09. The molecule has 0 aromatic heterocycles. The van der Waals surface area contributed by atoms with E-state index < -0.39 is 0 Å². The van der Waals surface area contributed by atoms with Crippen molar-refractivity contribution in [1.29, 1.82) is 0 Å². The minimum absolute atomic E-state index is 0.264. The van der Waals surface area contributed by atoms with E-state index in [9.17, 15) is 0 Å². The molecule has 0 spiro atoms. The maximum atomic E-state index is 5.38. The van der Waals surface area contributed by atoms with Crippen LogP contribution in [0.25, 0.3) is 0 Å². The Bertz CT molecular complexity index is 430. The van der Waals surface area contributed by atoms with Crippen molar-refractivity contribution >= 4 is 0 Å². The number of hydrogen-bond acceptors (Lipinski definition) is 4. The van der Waals surface area contributed by atoms with Gasteiger partial charge in [0.05, 0.1) is 0 Å². The Morgan fingerprint density at radius 2 is 1.95 bits per heavy atom. The molecule has 0 aliphatic carbocycles. The summed E-state index contributed by atoms with van der Waals surface area (Å²) < 4.78 is 10.7. The molecular weight excluding hydrogens is 240 g/mol. The van der Waals surface area contributed by atoms with Gasteiger partial charge < -0.3 is 19.7 Å². The van der Waals surface area contributed by atoms with Crippen LogP contribution in [0.15, 0.2) is 18.2 Å². The van der Waals surface area contributed by atoms with E-state index in [2.05, 4.69) is 44.2 Å². The van der Waals surface area contributed by atoms with Gasteiger partial charge in [-0.15, -0.1) is 0 Å². The normalized spacial score (nSPS) is 14.2. The van der Waals surface area contributed by atoms with Crippen LogP contribution < -0.4 is 14.8 Å². The highest BCUT2D eigenvalue weighted by atomic mass is 16.7. The third kappa shape index (κ3) is 4.11. The van der Waals surface area contributed by atoms with Gasteiger partial charge in [0.25, 0.3) is 0 Å². The summed E-state index contributed by atoms with van der Waals surface area (Å²) in [7, 11) is 4.22. The summed E-state index contributed by atoms with van der Waals surface area (Å²) in [6.45, 7) is 7.80. The van der Waals surface area contributed by atoms with Gasteiger partial charge in [-0.1, -0.05) is 19.9 Å². The molecule has 0 atom stereocenters. The molecule has 4 nitrogen and oxygen atoms in total. The molecule has 0 saturated heterocycles. The van der Waals surface area contributed by atoms with E-state index in [4.69, 9.17) is 9.47 Å². The average Bonchev–Trinajstić information content (AvgIpc) is 2.74. The SMILES string of the molecule is CN(C)CC(C)(C)CNCc1ccc2c(c1)OCO2. The summed E-state index contributed by atoms with van der Waals surface area (Å²) in [4.78, 5) is 2.22. The fraction of sp³-hybridized carbons (Fsp3) is 0.600. The first kappa shape index (κ1) is 14.2. The number of hydrogen-bond donors (Lipinski definition) is 1. The summed E-state index contributed by atoms with van der Waals surface area (Å²) in [5.74, 6) is 1.70. The second-order valence-corrected chi connectivity index (χ2v) is 6.19. The zero-order valence-electron chi connectivity index (χ0n) is 12.3. The van der Waals surface area contributed by atoms with Crippen molar-refractivity contribution < 1.29 is 9.47 Å². The van der Waals surface area contributed by atoms with E-state index in [0.717, 1.165) is 31.1 Å². The maximum Gasteiger partial charge on any atom is 0.231 e. The summed E-state index contributed by atoms with van der Waals surface area (Å²) >= 11 is 0. The Labute approximate surface area is 115 Å². The molecule has 1 aromatic rings. The highest BCUT2D eigenvalue weighted by Crippen LogP contribution is 2.32. The van der Waals surface area contributed by atoms with Crippen LogP contribution >= 0.6 is 0 Å². The minimum atomic E-state index is 0.264. The quantitative estimate of drug-likeness (QED) is 0.853. The third-order valence-corrected chi connectivity index (χ3v) is 3.11. The standard InChI is InChI=1S/C15H24N2O2/c1-15(2,10-17(3)4)9-16-8-12-5-6-13-14(7-12)19-11-18-13/h5-7,16H,8-11H2,1-4H3. The van der Waals surface area contributed by atoms with Crippen molar-refractivity contribution in [3.05, 3.63) is 23.8 Å². The molecule has 106 valence electrons. The van der Waals surface area contributed by atoms with Gasteiger partial charge in [-0.3, -0.25) is 0 Å². The lowest BCUT2D eigenvalue weighted by atomic mass is 9.93. The molecule has 0 fully saturated rings. The fourth-order valence-corrected chi connectivity index (χ4v) is 2.51. The van der Waals surface area contributed by atoms with Crippen LogP contribution in [0.1, 0.15) is 19.4 Å². The molecule has 0 unspecified atom stereocenters. The Balaban J connectivity index is 1.83. The zero-order valence-corrected chi connectivity index (χ0v) is 12.3. The highest BCUT2D eigenvalue weighted by Gasteiger charge is 2.18. The van der Waals surface area contributed by atoms with Gasteiger partial charge in [0.1, 0.15) is 0 Å². The van der Waals surface area contributed by atoms with Gasteiger partial charge in [-0.2, -0.15) is 0 Å². The molecule has 0 radical (unpaired) electrons. The zero-order chi connectivity index (χ0) is 13.9. The summed E-state index contributed by atoms with van der Waals surface area (Å²) in [5.41, 5.74) is 1.49. The number of ether oxygens (including phenoxy) is 2. The molecule has 19 heavy (non-hydrogen) atoms. The van der Waals surface area contributed by atoms with Crippen LogP contribution in [0, 0.1) is 5.41 Å². The molecule has 2 rings (SSSR count). The van der Waals surface area contributed by atoms with Crippen LogP contribution in [-0.4, -0.2) is 38.9 Å². The number of nitrogens with zero attached hydrogens (tertiary/aromatic N) is 1. The molecule has 1 aliphatic rings. The summed E-state index contributed by atoms with van der Waals surface area (Å²) in [6, 6.07) is 6.11. The monoisotopic (exact) mass is 264 g/mol. The smallest absolute Gasteiger partial charge is 0.231 e. The van der Waals surface area contributed by atoms with Gasteiger partial charge >= 0.3 is 0 Å². The molecule has 1 aliphatic heterocycles. The predicted molar refractivity (Wildman–Crippen MR) is 76.6 cm³/mol. The highest BCUT2D eigenvalue weighted by molar-refractivity contribution is 5.44. The van der Waals surface area contributed by atoms with Gasteiger partial charge in [-0.25, -0.2) is 0 Å². The van der Waals surface area contributed by atoms with Crippen molar-refractivity contribution in [2.75, 3.05) is 34.0 Å². The fourth-order valence-electron chi connectivity index (χ4n) is 2.51. The largest absolute Gasteiger partial charge is 0.454 e. The van der Waals surface area contributed by atoms with Crippen LogP contribution in [0.4, 0.5) is 0 Å². The summed E-state index contributed by atoms with van der Waals surface area (Å²) in [5, 5.41) is 3.52. The van der Waals surface area contributed by atoms with E-state index in [1.54, 1.807) is 0 Å². The molecule has 0 saturated carbocycles.